The zero-order valence-electron chi connectivity index (χ0n) is 9.47. The van der Waals surface area contributed by atoms with E-state index < -0.39 is 0 Å². The second-order valence-electron chi connectivity index (χ2n) is 4.56. The first-order chi connectivity index (χ1) is 7.68. The molecule has 88 valence electrons. The third-order valence-electron chi connectivity index (χ3n) is 3.50. The summed E-state index contributed by atoms with van der Waals surface area (Å²) in [4.78, 5) is 0. The average molecular weight is 258 g/mol. The molecule has 3 heteroatoms. The number of hydrogen-bond acceptors (Lipinski definition) is 1. The lowest BCUT2D eigenvalue weighted by atomic mass is 9.83. The Hall–Kier alpha value is -0.240. The van der Waals surface area contributed by atoms with Crippen molar-refractivity contribution >= 4 is 23.2 Å². The summed E-state index contributed by atoms with van der Waals surface area (Å²) in [6.07, 6.45) is 2.55. The van der Waals surface area contributed by atoms with Gasteiger partial charge in [0.1, 0.15) is 0 Å². The summed E-state index contributed by atoms with van der Waals surface area (Å²) in [6, 6.07) is 5.82. The maximum atomic E-state index is 6.24. The van der Waals surface area contributed by atoms with Crippen molar-refractivity contribution in [3.63, 3.8) is 0 Å². The van der Waals surface area contributed by atoms with E-state index >= 15 is 0 Å². The Morgan fingerprint density at radius 2 is 2.19 bits per heavy atom. The number of halogens is 2. The van der Waals surface area contributed by atoms with E-state index in [1.54, 1.807) is 0 Å². The summed E-state index contributed by atoms with van der Waals surface area (Å²) < 4.78 is 0. The molecule has 1 aliphatic rings. The molecule has 0 bridgehead atoms. The van der Waals surface area contributed by atoms with Gasteiger partial charge in [0.25, 0.3) is 0 Å². The number of nitrogens with one attached hydrogen (secondary N) is 1. The molecule has 2 unspecified atom stereocenters. The summed E-state index contributed by atoms with van der Waals surface area (Å²) in [5.41, 5.74) is 1.22. The molecule has 1 aromatic carbocycles. The highest BCUT2D eigenvalue weighted by molar-refractivity contribution is 6.35. The second kappa shape index (κ2) is 5.39. The van der Waals surface area contributed by atoms with Gasteiger partial charge in [0.15, 0.2) is 0 Å². The number of hydrogen-bond donors (Lipinski definition) is 1. The Morgan fingerprint density at radius 3 is 2.81 bits per heavy atom. The Balaban J connectivity index is 2.15. The topological polar surface area (TPSA) is 12.0 Å². The molecule has 2 rings (SSSR count). The van der Waals surface area contributed by atoms with Crippen molar-refractivity contribution in [1.82, 2.24) is 5.32 Å². The summed E-state index contributed by atoms with van der Waals surface area (Å²) in [5, 5.41) is 4.95. The van der Waals surface area contributed by atoms with E-state index in [0.29, 0.717) is 16.9 Å². The summed E-state index contributed by atoms with van der Waals surface area (Å²) in [7, 11) is 0. The van der Waals surface area contributed by atoms with Crippen LogP contribution in [0.4, 0.5) is 0 Å². The van der Waals surface area contributed by atoms with E-state index in [-0.39, 0.29) is 0 Å². The number of benzene rings is 1. The highest BCUT2D eigenvalue weighted by atomic mass is 35.5. The second-order valence-corrected chi connectivity index (χ2v) is 5.40. The lowest BCUT2D eigenvalue weighted by Gasteiger charge is -2.29. The fourth-order valence-corrected chi connectivity index (χ4v) is 3.01. The van der Waals surface area contributed by atoms with Gasteiger partial charge in [-0.15, -0.1) is 0 Å². The van der Waals surface area contributed by atoms with Crippen LogP contribution < -0.4 is 5.32 Å². The van der Waals surface area contributed by atoms with Crippen molar-refractivity contribution < 1.29 is 0 Å². The van der Waals surface area contributed by atoms with Gasteiger partial charge in [-0.1, -0.05) is 36.2 Å². The molecule has 1 aliphatic heterocycles. The summed E-state index contributed by atoms with van der Waals surface area (Å²) in [5.74, 6) is 1.19. The molecule has 1 saturated heterocycles. The third kappa shape index (κ3) is 2.71. The Labute approximate surface area is 107 Å². The molecule has 16 heavy (non-hydrogen) atoms. The summed E-state index contributed by atoms with van der Waals surface area (Å²) >= 11 is 12.1. The van der Waals surface area contributed by atoms with Crippen molar-refractivity contribution in [2.75, 3.05) is 13.1 Å². The maximum absolute atomic E-state index is 6.24. The Bertz CT molecular complexity index is 359. The lowest BCUT2D eigenvalue weighted by molar-refractivity contribution is 0.334. The highest BCUT2D eigenvalue weighted by Gasteiger charge is 2.22. The van der Waals surface area contributed by atoms with Crippen molar-refractivity contribution in [3.05, 3.63) is 33.8 Å². The minimum Gasteiger partial charge on any atom is -0.316 e. The maximum Gasteiger partial charge on any atom is 0.0455 e. The van der Waals surface area contributed by atoms with E-state index in [1.807, 2.05) is 12.1 Å². The van der Waals surface area contributed by atoms with Crippen LogP contribution in [-0.4, -0.2) is 13.1 Å². The normalized spacial score (nSPS) is 23.1. The van der Waals surface area contributed by atoms with Gasteiger partial charge in [-0.05, 0) is 55.5 Å². The minimum atomic E-state index is 0.498. The first kappa shape index (κ1) is 12.2. The molecular formula is C13H17Cl2N. The van der Waals surface area contributed by atoms with Gasteiger partial charge in [-0.2, -0.15) is 0 Å². The molecule has 1 nitrogen and oxygen atoms in total. The highest BCUT2D eigenvalue weighted by Crippen LogP contribution is 2.34. The molecule has 0 radical (unpaired) electrons. The standard InChI is InChI=1S/C13H17Cl2N/c1-9(10-3-2-6-16-8-10)12-5-4-11(14)7-13(12)15/h4-5,7,9-10,16H,2-3,6,8H2,1H3. The SMILES string of the molecule is CC(c1ccc(Cl)cc1Cl)C1CCCNC1. The van der Waals surface area contributed by atoms with Gasteiger partial charge in [0.05, 0.1) is 0 Å². The first-order valence-corrected chi connectivity index (χ1v) is 6.59. The Morgan fingerprint density at radius 1 is 1.38 bits per heavy atom. The monoisotopic (exact) mass is 257 g/mol. The fourth-order valence-electron chi connectivity index (χ4n) is 2.43. The van der Waals surface area contributed by atoms with Crippen LogP contribution in [0.15, 0.2) is 18.2 Å². The van der Waals surface area contributed by atoms with Crippen LogP contribution in [0.2, 0.25) is 10.0 Å². The molecule has 0 spiro atoms. The van der Waals surface area contributed by atoms with E-state index in [0.717, 1.165) is 18.1 Å². The van der Waals surface area contributed by atoms with Crippen LogP contribution >= 0.6 is 23.2 Å². The van der Waals surface area contributed by atoms with Crippen LogP contribution in [0.5, 0.6) is 0 Å². The van der Waals surface area contributed by atoms with E-state index in [9.17, 15) is 0 Å². The predicted octanol–water partition coefficient (Wildman–Crippen LogP) is 4.10. The largest absolute Gasteiger partial charge is 0.316 e. The molecule has 1 N–H and O–H groups in total. The zero-order chi connectivity index (χ0) is 11.5. The minimum absolute atomic E-state index is 0.498. The van der Waals surface area contributed by atoms with Gasteiger partial charge in [-0.3, -0.25) is 0 Å². The van der Waals surface area contributed by atoms with Crippen LogP contribution in [0.1, 0.15) is 31.2 Å². The van der Waals surface area contributed by atoms with Crippen LogP contribution in [-0.2, 0) is 0 Å². The van der Waals surface area contributed by atoms with Crippen LogP contribution in [0.25, 0.3) is 0 Å². The lowest BCUT2D eigenvalue weighted by Crippen LogP contribution is -2.32. The zero-order valence-corrected chi connectivity index (χ0v) is 11.0. The molecule has 1 aromatic rings. The average Bonchev–Trinajstić information content (AvgIpc) is 2.29. The molecule has 0 aliphatic carbocycles. The number of rotatable bonds is 2. The molecule has 0 amide bonds. The quantitative estimate of drug-likeness (QED) is 0.842. The smallest absolute Gasteiger partial charge is 0.0455 e. The predicted molar refractivity (Wildman–Crippen MR) is 70.5 cm³/mol. The fraction of sp³-hybridized carbons (Fsp3) is 0.538. The van der Waals surface area contributed by atoms with E-state index in [2.05, 4.69) is 18.3 Å². The van der Waals surface area contributed by atoms with Crippen molar-refractivity contribution in [3.8, 4) is 0 Å². The molecule has 0 saturated carbocycles. The van der Waals surface area contributed by atoms with Crippen molar-refractivity contribution in [1.29, 1.82) is 0 Å². The van der Waals surface area contributed by atoms with Crippen LogP contribution in [0, 0.1) is 5.92 Å². The van der Waals surface area contributed by atoms with Crippen molar-refractivity contribution in [2.45, 2.75) is 25.7 Å². The third-order valence-corrected chi connectivity index (χ3v) is 4.06. The molecule has 1 fully saturated rings. The molecular weight excluding hydrogens is 241 g/mol. The molecule has 1 heterocycles. The van der Waals surface area contributed by atoms with Crippen LogP contribution in [0.3, 0.4) is 0 Å². The Kier molecular flexibility index (Phi) is 4.12. The van der Waals surface area contributed by atoms with Gasteiger partial charge in [-0.25, -0.2) is 0 Å². The van der Waals surface area contributed by atoms with Gasteiger partial charge in [0, 0.05) is 10.0 Å². The van der Waals surface area contributed by atoms with Crippen molar-refractivity contribution in [2.24, 2.45) is 5.92 Å². The molecule has 2 atom stereocenters. The van der Waals surface area contributed by atoms with Gasteiger partial charge < -0.3 is 5.32 Å². The van der Waals surface area contributed by atoms with Gasteiger partial charge in [0.2, 0.25) is 0 Å². The van der Waals surface area contributed by atoms with E-state index in [4.69, 9.17) is 23.2 Å². The summed E-state index contributed by atoms with van der Waals surface area (Å²) in [6.45, 7) is 4.50. The van der Waals surface area contributed by atoms with E-state index in [1.165, 1.54) is 18.4 Å². The molecule has 0 aromatic heterocycles. The van der Waals surface area contributed by atoms with Gasteiger partial charge >= 0.3 is 0 Å². The first-order valence-electron chi connectivity index (χ1n) is 5.84. The number of piperidine rings is 1.